The Kier molecular flexibility index (Phi) is 4.28. The maximum absolute atomic E-state index is 11.9. The predicted molar refractivity (Wildman–Crippen MR) is 79.1 cm³/mol. The summed E-state index contributed by atoms with van der Waals surface area (Å²) in [6.45, 7) is 1.68. The van der Waals surface area contributed by atoms with Crippen LogP contribution in [0.3, 0.4) is 0 Å². The van der Waals surface area contributed by atoms with Crippen LogP contribution >= 0.6 is 11.6 Å². The SMILES string of the molecule is Cc1cc([N+](=O)[O-])ccc1Oc1cn(C)c(CCl)cc1=O. The van der Waals surface area contributed by atoms with Gasteiger partial charge in [-0.15, -0.1) is 11.6 Å². The van der Waals surface area contributed by atoms with Gasteiger partial charge in [0.2, 0.25) is 5.43 Å². The number of nitro benzene ring substituents is 1. The number of non-ortho nitro benzene ring substituents is 1. The lowest BCUT2D eigenvalue weighted by Crippen LogP contribution is -2.11. The van der Waals surface area contributed by atoms with Gasteiger partial charge in [0.1, 0.15) is 5.75 Å². The van der Waals surface area contributed by atoms with Crippen LogP contribution in [0.1, 0.15) is 11.3 Å². The van der Waals surface area contributed by atoms with Crippen LogP contribution in [0.25, 0.3) is 0 Å². The van der Waals surface area contributed by atoms with Crippen molar-refractivity contribution in [2.75, 3.05) is 0 Å². The van der Waals surface area contributed by atoms with Crippen LogP contribution in [0.5, 0.6) is 11.5 Å². The van der Waals surface area contributed by atoms with Crippen molar-refractivity contribution < 1.29 is 9.66 Å². The summed E-state index contributed by atoms with van der Waals surface area (Å²) in [5.41, 5.74) is 0.939. The van der Waals surface area contributed by atoms with E-state index < -0.39 is 4.92 Å². The largest absolute Gasteiger partial charge is 0.451 e. The van der Waals surface area contributed by atoms with E-state index in [1.54, 1.807) is 24.7 Å². The normalized spacial score (nSPS) is 10.4. The standard InChI is InChI=1S/C14H13ClN2O4/c1-9-5-10(17(19)20)3-4-13(9)21-14-8-16(2)11(7-15)6-12(14)18/h3-6,8H,7H2,1-2H3. The Bertz CT molecular complexity index is 755. The van der Waals surface area contributed by atoms with E-state index in [-0.39, 0.29) is 22.7 Å². The predicted octanol–water partition coefficient (Wildman–Crippen LogP) is 3.13. The van der Waals surface area contributed by atoms with Gasteiger partial charge in [-0.3, -0.25) is 14.9 Å². The topological polar surface area (TPSA) is 74.4 Å². The number of pyridine rings is 1. The van der Waals surface area contributed by atoms with Gasteiger partial charge in [-0.1, -0.05) is 0 Å². The number of halogens is 1. The maximum atomic E-state index is 11.9. The van der Waals surface area contributed by atoms with Crippen molar-refractivity contribution in [1.29, 1.82) is 0 Å². The van der Waals surface area contributed by atoms with Crippen molar-refractivity contribution in [2.24, 2.45) is 7.05 Å². The zero-order valence-corrected chi connectivity index (χ0v) is 12.3. The molecular weight excluding hydrogens is 296 g/mol. The molecule has 2 aromatic rings. The van der Waals surface area contributed by atoms with Crippen molar-refractivity contribution in [3.63, 3.8) is 0 Å². The van der Waals surface area contributed by atoms with Gasteiger partial charge < -0.3 is 9.30 Å². The number of rotatable bonds is 4. The lowest BCUT2D eigenvalue weighted by molar-refractivity contribution is -0.384. The van der Waals surface area contributed by atoms with E-state index in [1.165, 1.54) is 24.3 Å². The minimum atomic E-state index is -0.481. The molecule has 0 radical (unpaired) electrons. The highest BCUT2D eigenvalue weighted by Crippen LogP contribution is 2.26. The minimum Gasteiger partial charge on any atom is -0.451 e. The Morgan fingerprint density at radius 2 is 2.05 bits per heavy atom. The lowest BCUT2D eigenvalue weighted by atomic mass is 10.2. The van der Waals surface area contributed by atoms with Crippen LogP contribution in [-0.4, -0.2) is 9.49 Å². The summed E-state index contributed by atoms with van der Waals surface area (Å²) in [6, 6.07) is 5.61. The Balaban J connectivity index is 2.37. The van der Waals surface area contributed by atoms with Gasteiger partial charge in [-0.2, -0.15) is 0 Å². The number of alkyl halides is 1. The van der Waals surface area contributed by atoms with Gasteiger partial charge in [-0.05, 0) is 18.6 Å². The second-order valence-electron chi connectivity index (χ2n) is 4.55. The minimum absolute atomic E-state index is 0.0229. The van der Waals surface area contributed by atoms with Crippen LogP contribution in [-0.2, 0) is 12.9 Å². The molecule has 0 atom stereocenters. The van der Waals surface area contributed by atoms with E-state index in [9.17, 15) is 14.9 Å². The van der Waals surface area contributed by atoms with Gasteiger partial charge >= 0.3 is 0 Å². The molecule has 0 aliphatic carbocycles. The Morgan fingerprint density at radius 3 is 2.62 bits per heavy atom. The van der Waals surface area contributed by atoms with E-state index in [1.807, 2.05) is 0 Å². The second kappa shape index (κ2) is 5.97. The molecule has 0 amide bonds. The fourth-order valence-corrected chi connectivity index (χ4v) is 2.10. The van der Waals surface area contributed by atoms with Crippen LogP contribution in [0, 0.1) is 17.0 Å². The number of hydrogen-bond donors (Lipinski definition) is 0. The molecule has 0 aliphatic rings. The number of nitrogens with zero attached hydrogens (tertiary/aromatic N) is 2. The van der Waals surface area contributed by atoms with E-state index >= 15 is 0 Å². The van der Waals surface area contributed by atoms with Gasteiger partial charge in [0.15, 0.2) is 5.75 Å². The van der Waals surface area contributed by atoms with Gasteiger partial charge in [-0.25, -0.2) is 0 Å². The second-order valence-corrected chi connectivity index (χ2v) is 4.81. The molecule has 0 spiro atoms. The average molecular weight is 309 g/mol. The summed E-state index contributed by atoms with van der Waals surface area (Å²) in [7, 11) is 1.76. The summed E-state index contributed by atoms with van der Waals surface area (Å²) >= 11 is 5.72. The summed E-state index contributed by atoms with van der Waals surface area (Å²) < 4.78 is 7.25. The van der Waals surface area contributed by atoms with Gasteiger partial charge in [0, 0.05) is 30.9 Å². The molecule has 2 rings (SSSR count). The molecular formula is C14H13ClN2O4. The number of aromatic nitrogens is 1. The molecule has 0 saturated heterocycles. The Morgan fingerprint density at radius 1 is 1.33 bits per heavy atom. The van der Waals surface area contributed by atoms with E-state index in [4.69, 9.17) is 16.3 Å². The zero-order chi connectivity index (χ0) is 15.6. The van der Waals surface area contributed by atoms with Crippen LogP contribution in [0.15, 0.2) is 35.3 Å². The molecule has 1 aromatic carbocycles. The number of hydrogen-bond acceptors (Lipinski definition) is 4. The van der Waals surface area contributed by atoms with E-state index in [0.29, 0.717) is 17.0 Å². The molecule has 21 heavy (non-hydrogen) atoms. The monoisotopic (exact) mass is 308 g/mol. The van der Waals surface area contributed by atoms with Crippen molar-refractivity contribution in [3.05, 3.63) is 62.1 Å². The molecule has 1 heterocycles. The third kappa shape index (κ3) is 3.22. The van der Waals surface area contributed by atoms with Crippen molar-refractivity contribution >= 4 is 17.3 Å². The lowest BCUT2D eigenvalue weighted by Gasteiger charge is -2.11. The molecule has 1 aromatic heterocycles. The maximum Gasteiger partial charge on any atom is 0.269 e. The first-order valence-corrected chi connectivity index (χ1v) is 6.64. The molecule has 7 heteroatoms. The molecule has 6 nitrogen and oxygen atoms in total. The summed E-state index contributed by atoms with van der Waals surface area (Å²) in [4.78, 5) is 22.1. The first-order valence-electron chi connectivity index (χ1n) is 6.11. The molecule has 0 aliphatic heterocycles. The van der Waals surface area contributed by atoms with E-state index in [0.717, 1.165) is 0 Å². The average Bonchev–Trinajstić information content (AvgIpc) is 2.44. The van der Waals surface area contributed by atoms with Crippen LogP contribution < -0.4 is 10.2 Å². The number of ether oxygens (including phenoxy) is 1. The van der Waals surface area contributed by atoms with Crippen molar-refractivity contribution in [2.45, 2.75) is 12.8 Å². The first-order chi connectivity index (χ1) is 9.92. The Hall–Kier alpha value is -2.34. The molecule has 110 valence electrons. The fraction of sp³-hybridized carbons (Fsp3) is 0.214. The molecule has 0 unspecified atom stereocenters. The van der Waals surface area contributed by atoms with Gasteiger partial charge in [0.05, 0.1) is 17.0 Å². The van der Waals surface area contributed by atoms with Gasteiger partial charge in [0.25, 0.3) is 5.69 Å². The molecule has 0 bridgehead atoms. The summed E-state index contributed by atoms with van der Waals surface area (Å²) in [6.07, 6.45) is 1.54. The smallest absolute Gasteiger partial charge is 0.269 e. The van der Waals surface area contributed by atoms with E-state index in [2.05, 4.69) is 0 Å². The van der Waals surface area contributed by atoms with Crippen LogP contribution in [0.2, 0.25) is 0 Å². The van der Waals surface area contributed by atoms with Crippen molar-refractivity contribution in [3.8, 4) is 11.5 Å². The molecule has 0 N–H and O–H groups in total. The Labute approximate surface area is 125 Å². The summed E-state index contributed by atoms with van der Waals surface area (Å²) in [5, 5.41) is 10.7. The first kappa shape index (κ1) is 15.1. The molecule has 0 fully saturated rings. The number of benzene rings is 1. The third-order valence-electron chi connectivity index (χ3n) is 3.03. The highest BCUT2D eigenvalue weighted by molar-refractivity contribution is 6.16. The highest BCUT2D eigenvalue weighted by Gasteiger charge is 2.11. The fourth-order valence-electron chi connectivity index (χ4n) is 1.84. The highest BCUT2D eigenvalue weighted by atomic mass is 35.5. The number of nitro groups is 1. The van der Waals surface area contributed by atoms with Crippen molar-refractivity contribution in [1.82, 2.24) is 4.57 Å². The molecule has 0 saturated carbocycles. The summed E-state index contributed by atoms with van der Waals surface area (Å²) in [5.74, 6) is 0.766. The quantitative estimate of drug-likeness (QED) is 0.494. The number of aryl methyl sites for hydroxylation is 2. The third-order valence-corrected chi connectivity index (χ3v) is 3.30. The zero-order valence-electron chi connectivity index (χ0n) is 11.5. The van der Waals surface area contributed by atoms with Crippen LogP contribution in [0.4, 0.5) is 5.69 Å².